The van der Waals surface area contributed by atoms with Gasteiger partial charge in [0.15, 0.2) is 5.82 Å². The molecule has 0 saturated carbocycles. The summed E-state index contributed by atoms with van der Waals surface area (Å²) in [6.45, 7) is 3.14. The lowest BCUT2D eigenvalue weighted by Gasteiger charge is -2.09. The van der Waals surface area contributed by atoms with Gasteiger partial charge in [-0.05, 0) is 30.7 Å². The Morgan fingerprint density at radius 3 is 3.00 bits per heavy atom. The van der Waals surface area contributed by atoms with Crippen LogP contribution in [0.4, 0.5) is 5.69 Å². The van der Waals surface area contributed by atoms with E-state index in [9.17, 15) is 0 Å². The van der Waals surface area contributed by atoms with Gasteiger partial charge in [-0.15, -0.1) is 0 Å². The van der Waals surface area contributed by atoms with Crippen LogP contribution in [0, 0.1) is 6.92 Å². The molecule has 122 valence electrons. The van der Waals surface area contributed by atoms with E-state index >= 15 is 0 Å². The van der Waals surface area contributed by atoms with Gasteiger partial charge >= 0.3 is 0 Å². The summed E-state index contributed by atoms with van der Waals surface area (Å²) in [5, 5.41) is 8.02. The van der Waals surface area contributed by atoms with Crippen molar-refractivity contribution in [3.8, 4) is 17.2 Å². The van der Waals surface area contributed by atoms with Gasteiger partial charge in [-0.2, -0.15) is 4.98 Å². The minimum atomic E-state index is 0.436. The minimum absolute atomic E-state index is 0.436. The third kappa shape index (κ3) is 2.83. The van der Waals surface area contributed by atoms with Gasteiger partial charge in [-0.25, -0.2) is 0 Å². The topological polar surface area (TPSA) is 60.2 Å². The molecule has 0 amide bonds. The standard InChI is InChI=1S/C18H16ClN3O2/c1-11-4-2-3-5-14(11)18-21-16(22-24-18)10-20-15-9-13(19)8-12-6-7-23-17(12)15/h2-5,8-9,20H,6-7,10H2,1H3. The predicted molar refractivity (Wildman–Crippen MR) is 92.4 cm³/mol. The van der Waals surface area contributed by atoms with Crippen molar-refractivity contribution < 1.29 is 9.26 Å². The van der Waals surface area contributed by atoms with E-state index in [0.29, 0.717) is 29.9 Å². The first-order valence-electron chi connectivity index (χ1n) is 7.78. The highest BCUT2D eigenvalue weighted by Crippen LogP contribution is 2.36. The fourth-order valence-electron chi connectivity index (χ4n) is 2.82. The molecule has 0 radical (unpaired) electrons. The number of aromatic nitrogens is 2. The maximum absolute atomic E-state index is 6.17. The van der Waals surface area contributed by atoms with E-state index in [1.165, 1.54) is 0 Å². The molecule has 3 aromatic rings. The number of nitrogens with one attached hydrogen (secondary N) is 1. The number of fused-ring (bicyclic) bond motifs is 1. The average molecular weight is 342 g/mol. The van der Waals surface area contributed by atoms with Gasteiger partial charge in [0.2, 0.25) is 0 Å². The summed E-state index contributed by atoms with van der Waals surface area (Å²) in [5.74, 6) is 1.97. The Morgan fingerprint density at radius 1 is 1.25 bits per heavy atom. The number of hydrogen-bond acceptors (Lipinski definition) is 5. The Balaban J connectivity index is 1.53. The molecular weight excluding hydrogens is 326 g/mol. The van der Waals surface area contributed by atoms with Crippen LogP contribution in [-0.2, 0) is 13.0 Å². The summed E-state index contributed by atoms with van der Waals surface area (Å²) in [6, 6.07) is 11.7. The van der Waals surface area contributed by atoms with Crippen LogP contribution in [0.5, 0.6) is 5.75 Å². The largest absolute Gasteiger partial charge is 0.491 e. The van der Waals surface area contributed by atoms with Crippen LogP contribution in [-0.4, -0.2) is 16.7 Å². The molecule has 0 bridgehead atoms. The van der Waals surface area contributed by atoms with Crippen molar-refractivity contribution >= 4 is 17.3 Å². The number of aryl methyl sites for hydroxylation is 1. The van der Waals surface area contributed by atoms with Crippen LogP contribution < -0.4 is 10.1 Å². The third-order valence-corrected chi connectivity index (χ3v) is 4.25. The van der Waals surface area contributed by atoms with E-state index in [4.69, 9.17) is 20.9 Å². The monoisotopic (exact) mass is 341 g/mol. The zero-order valence-electron chi connectivity index (χ0n) is 13.2. The van der Waals surface area contributed by atoms with Gasteiger partial charge in [-0.3, -0.25) is 0 Å². The van der Waals surface area contributed by atoms with Crippen molar-refractivity contribution in [1.29, 1.82) is 0 Å². The van der Waals surface area contributed by atoms with Gasteiger partial charge in [0.25, 0.3) is 5.89 Å². The molecule has 24 heavy (non-hydrogen) atoms. The normalized spacial score (nSPS) is 12.8. The number of rotatable bonds is 4. The van der Waals surface area contributed by atoms with Crippen LogP contribution in [0.2, 0.25) is 5.02 Å². The number of ether oxygens (including phenoxy) is 1. The molecule has 1 aromatic heterocycles. The zero-order chi connectivity index (χ0) is 16.5. The smallest absolute Gasteiger partial charge is 0.258 e. The fraction of sp³-hybridized carbons (Fsp3) is 0.222. The summed E-state index contributed by atoms with van der Waals surface area (Å²) in [6.07, 6.45) is 0.879. The molecule has 0 atom stereocenters. The lowest BCUT2D eigenvalue weighted by molar-refractivity contribution is 0.358. The van der Waals surface area contributed by atoms with Crippen molar-refractivity contribution in [3.05, 3.63) is 58.4 Å². The Kier molecular flexibility index (Phi) is 3.86. The average Bonchev–Trinajstić information content (AvgIpc) is 3.22. The van der Waals surface area contributed by atoms with Gasteiger partial charge in [0.05, 0.1) is 18.8 Å². The van der Waals surface area contributed by atoms with E-state index in [-0.39, 0.29) is 0 Å². The Labute approximate surface area is 144 Å². The van der Waals surface area contributed by atoms with E-state index < -0.39 is 0 Å². The van der Waals surface area contributed by atoms with Crippen molar-refractivity contribution in [2.24, 2.45) is 0 Å². The molecule has 2 heterocycles. The second kappa shape index (κ2) is 6.17. The zero-order valence-corrected chi connectivity index (χ0v) is 13.9. The summed E-state index contributed by atoms with van der Waals surface area (Å²) in [7, 11) is 0. The molecule has 0 unspecified atom stereocenters. The number of anilines is 1. The number of nitrogens with zero attached hydrogens (tertiary/aromatic N) is 2. The van der Waals surface area contributed by atoms with Gasteiger partial charge in [0.1, 0.15) is 5.75 Å². The minimum Gasteiger partial charge on any atom is -0.491 e. The van der Waals surface area contributed by atoms with E-state index in [1.807, 2.05) is 43.3 Å². The maximum atomic E-state index is 6.17. The second-order valence-electron chi connectivity index (χ2n) is 5.72. The molecule has 1 aliphatic heterocycles. The summed E-state index contributed by atoms with van der Waals surface area (Å²) in [4.78, 5) is 4.46. The lowest BCUT2D eigenvalue weighted by Crippen LogP contribution is -2.03. The number of halogens is 1. The molecule has 1 aliphatic rings. The highest BCUT2D eigenvalue weighted by atomic mass is 35.5. The van der Waals surface area contributed by atoms with Crippen LogP contribution in [0.15, 0.2) is 40.9 Å². The van der Waals surface area contributed by atoms with Gasteiger partial charge < -0.3 is 14.6 Å². The van der Waals surface area contributed by atoms with E-state index in [1.54, 1.807) is 0 Å². The lowest BCUT2D eigenvalue weighted by atomic mass is 10.1. The maximum Gasteiger partial charge on any atom is 0.258 e. The highest BCUT2D eigenvalue weighted by Gasteiger charge is 2.18. The summed E-state index contributed by atoms with van der Waals surface area (Å²) >= 11 is 6.17. The van der Waals surface area contributed by atoms with Gasteiger partial charge in [0, 0.05) is 22.6 Å². The number of benzene rings is 2. The Hall–Kier alpha value is -2.53. The predicted octanol–water partition coefficient (Wildman–Crippen LogP) is 4.25. The number of hydrogen-bond donors (Lipinski definition) is 1. The van der Waals surface area contributed by atoms with Crippen molar-refractivity contribution in [2.45, 2.75) is 19.9 Å². The first-order chi connectivity index (χ1) is 11.7. The second-order valence-corrected chi connectivity index (χ2v) is 6.16. The molecule has 6 heteroatoms. The van der Waals surface area contributed by atoms with Crippen LogP contribution >= 0.6 is 11.6 Å². The first kappa shape index (κ1) is 15.0. The van der Waals surface area contributed by atoms with Crippen molar-refractivity contribution in [3.63, 3.8) is 0 Å². The van der Waals surface area contributed by atoms with Crippen LogP contribution in [0.25, 0.3) is 11.5 Å². The Morgan fingerprint density at radius 2 is 2.12 bits per heavy atom. The quantitative estimate of drug-likeness (QED) is 0.768. The molecule has 4 rings (SSSR count). The molecule has 2 aromatic carbocycles. The van der Waals surface area contributed by atoms with E-state index in [0.717, 1.165) is 34.5 Å². The van der Waals surface area contributed by atoms with Crippen LogP contribution in [0.1, 0.15) is 17.0 Å². The van der Waals surface area contributed by atoms with Crippen molar-refractivity contribution in [2.75, 3.05) is 11.9 Å². The van der Waals surface area contributed by atoms with E-state index in [2.05, 4.69) is 15.5 Å². The van der Waals surface area contributed by atoms with Crippen molar-refractivity contribution in [1.82, 2.24) is 10.1 Å². The van der Waals surface area contributed by atoms with Crippen LogP contribution in [0.3, 0.4) is 0 Å². The molecule has 0 saturated heterocycles. The molecule has 1 N–H and O–H groups in total. The molecule has 0 aliphatic carbocycles. The molecule has 0 fully saturated rings. The fourth-order valence-corrected chi connectivity index (χ4v) is 3.06. The summed E-state index contributed by atoms with van der Waals surface area (Å²) in [5.41, 5.74) is 4.03. The first-order valence-corrected chi connectivity index (χ1v) is 8.16. The Bertz CT molecular complexity index is 892. The van der Waals surface area contributed by atoms with Gasteiger partial charge in [-0.1, -0.05) is 35.0 Å². The third-order valence-electron chi connectivity index (χ3n) is 4.03. The molecule has 5 nitrogen and oxygen atoms in total. The highest BCUT2D eigenvalue weighted by molar-refractivity contribution is 6.31. The SMILES string of the molecule is Cc1ccccc1-c1nc(CNc2cc(Cl)cc3c2OCC3)no1. The molecule has 0 spiro atoms. The molecular formula is C18H16ClN3O2. The summed E-state index contributed by atoms with van der Waals surface area (Å²) < 4.78 is 11.1.